The molecule has 0 aliphatic rings. The predicted molar refractivity (Wildman–Crippen MR) is 74.7 cm³/mol. The van der Waals surface area contributed by atoms with Gasteiger partial charge in [0.25, 0.3) is 0 Å². The highest BCUT2D eigenvalue weighted by molar-refractivity contribution is 9.10. The van der Waals surface area contributed by atoms with Crippen LogP contribution in [0.5, 0.6) is 0 Å². The van der Waals surface area contributed by atoms with Crippen LogP contribution >= 0.6 is 15.9 Å². The van der Waals surface area contributed by atoms with Crippen molar-refractivity contribution in [2.75, 3.05) is 7.05 Å². The number of nitrogens with one attached hydrogen (secondary N) is 1. The van der Waals surface area contributed by atoms with Crippen molar-refractivity contribution in [2.24, 2.45) is 0 Å². The molecule has 0 aliphatic heterocycles. The van der Waals surface area contributed by atoms with Crippen molar-refractivity contribution in [3.63, 3.8) is 0 Å². The maximum absolute atomic E-state index is 11.7. The zero-order valence-electron chi connectivity index (χ0n) is 10.4. The molecule has 0 radical (unpaired) electrons. The summed E-state index contributed by atoms with van der Waals surface area (Å²) in [5.74, 6) is -0.937. The van der Waals surface area contributed by atoms with Gasteiger partial charge in [-0.15, -0.1) is 0 Å². The molecule has 1 atom stereocenters. The summed E-state index contributed by atoms with van der Waals surface area (Å²) < 4.78 is 2.41. The average Bonchev–Trinajstić information content (AvgIpc) is 2.82. The summed E-state index contributed by atoms with van der Waals surface area (Å²) in [6.07, 6.45) is 3.38. The SMILES string of the molecule is CNC(Cn1cc(Br)cn1)(C(=O)O)c1ccccc1. The van der Waals surface area contributed by atoms with Gasteiger partial charge in [-0.05, 0) is 28.5 Å². The van der Waals surface area contributed by atoms with Crippen LogP contribution in [0.3, 0.4) is 0 Å². The maximum Gasteiger partial charge on any atom is 0.330 e. The van der Waals surface area contributed by atoms with Gasteiger partial charge in [-0.2, -0.15) is 5.10 Å². The second kappa shape index (κ2) is 5.54. The van der Waals surface area contributed by atoms with Gasteiger partial charge in [0.15, 0.2) is 5.54 Å². The van der Waals surface area contributed by atoms with Crippen LogP contribution in [0.1, 0.15) is 5.56 Å². The molecule has 0 fully saturated rings. The number of benzene rings is 1. The number of rotatable bonds is 5. The molecule has 0 aliphatic carbocycles. The topological polar surface area (TPSA) is 67.2 Å². The van der Waals surface area contributed by atoms with Gasteiger partial charge < -0.3 is 5.11 Å². The minimum atomic E-state index is -1.20. The number of nitrogens with zero attached hydrogens (tertiary/aromatic N) is 2. The van der Waals surface area contributed by atoms with E-state index in [0.29, 0.717) is 5.56 Å². The molecular weight excluding hydrogens is 310 g/mol. The van der Waals surface area contributed by atoms with E-state index in [-0.39, 0.29) is 6.54 Å². The Morgan fingerprint density at radius 2 is 2.16 bits per heavy atom. The molecule has 100 valence electrons. The van der Waals surface area contributed by atoms with Crippen LogP contribution in [0, 0.1) is 0 Å². The third-order valence-electron chi connectivity index (χ3n) is 3.06. The second-order valence-corrected chi connectivity index (χ2v) is 5.10. The highest BCUT2D eigenvalue weighted by Gasteiger charge is 2.39. The van der Waals surface area contributed by atoms with Crippen molar-refractivity contribution in [2.45, 2.75) is 12.1 Å². The summed E-state index contributed by atoms with van der Waals surface area (Å²) in [4.78, 5) is 11.7. The average molecular weight is 324 g/mol. The second-order valence-electron chi connectivity index (χ2n) is 4.18. The molecule has 5 nitrogen and oxygen atoms in total. The first-order valence-corrected chi connectivity index (χ1v) is 6.53. The summed E-state index contributed by atoms with van der Waals surface area (Å²) in [6, 6.07) is 9.09. The molecule has 0 saturated heterocycles. The van der Waals surface area contributed by atoms with Crippen LogP contribution in [-0.2, 0) is 16.9 Å². The van der Waals surface area contributed by atoms with E-state index in [1.165, 1.54) is 0 Å². The highest BCUT2D eigenvalue weighted by atomic mass is 79.9. The first-order chi connectivity index (χ1) is 9.08. The zero-order chi connectivity index (χ0) is 13.9. The lowest BCUT2D eigenvalue weighted by Crippen LogP contribution is -2.50. The molecule has 1 aromatic carbocycles. The first kappa shape index (κ1) is 13.8. The Kier molecular flexibility index (Phi) is 4.01. The van der Waals surface area contributed by atoms with E-state index in [1.807, 2.05) is 18.2 Å². The molecule has 0 saturated carbocycles. The smallest absolute Gasteiger partial charge is 0.330 e. The Morgan fingerprint density at radius 3 is 2.63 bits per heavy atom. The van der Waals surface area contributed by atoms with Crippen molar-refractivity contribution in [3.8, 4) is 0 Å². The van der Waals surface area contributed by atoms with Crippen LogP contribution in [0.4, 0.5) is 0 Å². The highest BCUT2D eigenvalue weighted by Crippen LogP contribution is 2.24. The van der Waals surface area contributed by atoms with Crippen molar-refractivity contribution in [1.82, 2.24) is 15.1 Å². The lowest BCUT2D eigenvalue weighted by Gasteiger charge is -2.29. The van der Waals surface area contributed by atoms with Crippen molar-refractivity contribution in [3.05, 3.63) is 52.8 Å². The number of likely N-dealkylation sites (N-methyl/N-ethyl adjacent to an activating group) is 1. The van der Waals surface area contributed by atoms with E-state index in [0.717, 1.165) is 4.47 Å². The van der Waals surface area contributed by atoms with Crippen LogP contribution in [-0.4, -0.2) is 27.9 Å². The maximum atomic E-state index is 11.7. The molecule has 0 bridgehead atoms. The van der Waals surface area contributed by atoms with Crippen molar-refractivity contribution < 1.29 is 9.90 Å². The Bertz CT molecular complexity index is 570. The number of hydrogen-bond acceptors (Lipinski definition) is 3. The summed E-state index contributed by atoms with van der Waals surface area (Å²) in [6.45, 7) is 0.203. The third-order valence-corrected chi connectivity index (χ3v) is 3.47. The molecule has 2 aromatic rings. The van der Waals surface area contributed by atoms with E-state index in [4.69, 9.17) is 0 Å². The monoisotopic (exact) mass is 323 g/mol. The van der Waals surface area contributed by atoms with Crippen molar-refractivity contribution >= 4 is 21.9 Å². The Morgan fingerprint density at radius 1 is 1.47 bits per heavy atom. The lowest BCUT2D eigenvalue weighted by molar-refractivity contribution is -0.146. The minimum Gasteiger partial charge on any atom is -0.480 e. The fraction of sp³-hybridized carbons (Fsp3) is 0.231. The summed E-state index contributed by atoms with van der Waals surface area (Å²) in [7, 11) is 1.64. The number of aromatic nitrogens is 2. The Balaban J connectivity index is 2.43. The number of aliphatic carboxylic acids is 1. The number of carboxylic acid groups (broad SMARTS) is 1. The predicted octanol–water partition coefficient (Wildman–Crippen LogP) is 1.85. The summed E-state index contributed by atoms with van der Waals surface area (Å²) in [5, 5.41) is 16.7. The summed E-state index contributed by atoms with van der Waals surface area (Å²) in [5.41, 5.74) is -0.510. The first-order valence-electron chi connectivity index (χ1n) is 5.74. The molecule has 6 heteroatoms. The van der Waals surface area contributed by atoms with Crippen LogP contribution < -0.4 is 5.32 Å². The van der Waals surface area contributed by atoms with Crippen LogP contribution in [0.25, 0.3) is 0 Å². The molecule has 2 N–H and O–H groups in total. The molecule has 1 unspecified atom stereocenters. The number of hydrogen-bond donors (Lipinski definition) is 2. The van der Waals surface area contributed by atoms with Crippen molar-refractivity contribution in [1.29, 1.82) is 0 Å². The number of halogens is 1. The van der Waals surface area contributed by atoms with Gasteiger partial charge in [0.05, 0.1) is 17.2 Å². The third kappa shape index (κ3) is 2.69. The van der Waals surface area contributed by atoms with Gasteiger partial charge >= 0.3 is 5.97 Å². The van der Waals surface area contributed by atoms with Crippen LogP contribution in [0.2, 0.25) is 0 Å². The van der Waals surface area contributed by atoms with E-state index < -0.39 is 11.5 Å². The minimum absolute atomic E-state index is 0.203. The van der Waals surface area contributed by atoms with Crippen LogP contribution in [0.15, 0.2) is 47.2 Å². The number of carboxylic acids is 1. The molecule has 19 heavy (non-hydrogen) atoms. The fourth-order valence-electron chi connectivity index (χ4n) is 2.00. The molecule has 2 rings (SSSR count). The zero-order valence-corrected chi connectivity index (χ0v) is 12.0. The Hall–Kier alpha value is -1.66. The fourth-order valence-corrected chi connectivity index (χ4v) is 2.33. The lowest BCUT2D eigenvalue weighted by atomic mass is 9.90. The molecular formula is C13H14BrN3O2. The van der Waals surface area contributed by atoms with Gasteiger partial charge in [-0.25, -0.2) is 4.79 Å². The van der Waals surface area contributed by atoms with Gasteiger partial charge in [-0.1, -0.05) is 30.3 Å². The van der Waals surface area contributed by atoms with Gasteiger partial charge in [-0.3, -0.25) is 10.00 Å². The molecule has 1 aromatic heterocycles. The van der Waals surface area contributed by atoms with E-state index in [1.54, 1.807) is 36.3 Å². The largest absolute Gasteiger partial charge is 0.480 e. The quantitative estimate of drug-likeness (QED) is 0.881. The Labute approximate surface area is 119 Å². The van der Waals surface area contributed by atoms with E-state index in [2.05, 4.69) is 26.3 Å². The van der Waals surface area contributed by atoms with E-state index >= 15 is 0 Å². The van der Waals surface area contributed by atoms with Gasteiger partial charge in [0, 0.05) is 6.20 Å². The molecule has 0 amide bonds. The summed E-state index contributed by atoms with van der Waals surface area (Å²) >= 11 is 3.30. The van der Waals surface area contributed by atoms with Gasteiger partial charge in [0.2, 0.25) is 0 Å². The van der Waals surface area contributed by atoms with Gasteiger partial charge in [0.1, 0.15) is 0 Å². The molecule has 1 heterocycles. The number of carbonyl (C=O) groups is 1. The molecule has 0 spiro atoms. The standard InChI is InChI=1S/C13H14BrN3O2/c1-15-13(12(18)19,10-5-3-2-4-6-10)9-17-8-11(14)7-16-17/h2-8,15H,9H2,1H3,(H,18,19). The van der Waals surface area contributed by atoms with E-state index in [9.17, 15) is 9.90 Å². The normalized spacial score (nSPS) is 14.0.